The van der Waals surface area contributed by atoms with Crippen LogP contribution < -0.4 is 4.72 Å². The van der Waals surface area contributed by atoms with Crippen molar-refractivity contribution in [2.24, 2.45) is 0 Å². The van der Waals surface area contributed by atoms with Gasteiger partial charge in [-0.1, -0.05) is 25.5 Å². The Kier molecular flexibility index (Phi) is 4.48. The van der Waals surface area contributed by atoms with Gasteiger partial charge < -0.3 is 0 Å². The minimum Gasteiger partial charge on any atom is -0.284 e. The van der Waals surface area contributed by atoms with Crippen LogP contribution in [0.1, 0.15) is 25.6 Å². The summed E-state index contributed by atoms with van der Waals surface area (Å²) < 4.78 is 28.4. The highest BCUT2D eigenvalue weighted by molar-refractivity contribution is 7.92. The third-order valence-corrected chi connectivity index (χ3v) is 4.99. The van der Waals surface area contributed by atoms with E-state index in [-0.39, 0.29) is 5.75 Å². The quantitative estimate of drug-likeness (QED) is 0.742. The fraction of sp³-hybridized carbons (Fsp3) is 0.312. The second kappa shape index (κ2) is 6.56. The number of aryl methyl sites for hydroxylation is 1. The van der Waals surface area contributed by atoms with E-state index in [1.54, 1.807) is 22.7 Å². The molecule has 2 heterocycles. The van der Waals surface area contributed by atoms with Crippen molar-refractivity contribution in [2.75, 3.05) is 10.5 Å². The lowest BCUT2D eigenvalue weighted by Gasteiger charge is -2.09. The first-order valence-electron chi connectivity index (χ1n) is 7.78. The number of aromatic nitrogens is 4. The van der Waals surface area contributed by atoms with E-state index in [0.29, 0.717) is 23.6 Å². The van der Waals surface area contributed by atoms with Gasteiger partial charge >= 0.3 is 0 Å². The van der Waals surface area contributed by atoms with E-state index in [1.807, 2.05) is 32.0 Å². The molecule has 3 rings (SSSR count). The summed E-state index contributed by atoms with van der Waals surface area (Å²) in [6.07, 6.45) is 1.48. The number of nitrogens with one attached hydrogen (secondary N) is 1. The highest BCUT2D eigenvalue weighted by Crippen LogP contribution is 2.22. The molecule has 0 radical (unpaired) electrons. The first-order chi connectivity index (χ1) is 11.5. The second-order valence-corrected chi connectivity index (χ2v) is 7.43. The molecule has 0 atom stereocenters. The Hall–Kier alpha value is -2.48. The van der Waals surface area contributed by atoms with Crippen molar-refractivity contribution in [1.82, 2.24) is 19.8 Å². The van der Waals surface area contributed by atoms with Crippen molar-refractivity contribution < 1.29 is 8.42 Å². The Labute approximate surface area is 140 Å². The van der Waals surface area contributed by atoms with E-state index in [1.165, 1.54) is 0 Å². The van der Waals surface area contributed by atoms with E-state index in [0.717, 1.165) is 17.7 Å². The molecular weight excluding hydrogens is 326 g/mol. The first-order valence-corrected chi connectivity index (χ1v) is 9.44. The monoisotopic (exact) mass is 345 g/mol. The molecule has 0 saturated heterocycles. The molecule has 1 N–H and O–H groups in total. The van der Waals surface area contributed by atoms with Gasteiger partial charge in [0.2, 0.25) is 10.0 Å². The Bertz CT molecular complexity index is 966. The maximum Gasteiger partial charge on any atom is 0.232 e. The largest absolute Gasteiger partial charge is 0.284 e. The average molecular weight is 345 g/mol. The highest BCUT2D eigenvalue weighted by atomic mass is 32.2. The van der Waals surface area contributed by atoms with E-state index < -0.39 is 10.0 Å². The number of sulfonamides is 1. The number of hydrogen-bond donors (Lipinski definition) is 1. The van der Waals surface area contributed by atoms with Gasteiger partial charge in [0.1, 0.15) is 0 Å². The third-order valence-electron chi connectivity index (χ3n) is 3.62. The van der Waals surface area contributed by atoms with Gasteiger partial charge in [0.15, 0.2) is 11.5 Å². The van der Waals surface area contributed by atoms with Crippen LogP contribution in [0.4, 0.5) is 5.69 Å². The number of anilines is 1. The smallest absolute Gasteiger partial charge is 0.232 e. The summed E-state index contributed by atoms with van der Waals surface area (Å²) >= 11 is 0. The number of nitrogens with zero attached hydrogens (tertiary/aromatic N) is 4. The SMILES string of the molecule is CCCCS(=O)(=O)Nc1cccc(-c2ccc3nnc(C)n3n2)c1. The molecule has 0 aliphatic carbocycles. The lowest BCUT2D eigenvalue weighted by Crippen LogP contribution is -2.16. The molecule has 8 heteroatoms. The maximum atomic E-state index is 12.0. The number of benzene rings is 1. The molecule has 7 nitrogen and oxygen atoms in total. The average Bonchev–Trinajstić information content (AvgIpc) is 2.93. The summed E-state index contributed by atoms with van der Waals surface area (Å²) in [5, 5.41) is 12.5. The van der Waals surface area contributed by atoms with Crippen LogP contribution in [-0.4, -0.2) is 34.0 Å². The first kappa shape index (κ1) is 16.4. The van der Waals surface area contributed by atoms with Gasteiger partial charge in [-0.25, -0.2) is 8.42 Å². The fourth-order valence-corrected chi connectivity index (χ4v) is 3.61. The zero-order valence-corrected chi connectivity index (χ0v) is 14.4. The van der Waals surface area contributed by atoms with Crippen LogP contribution in [-0.2, 0) is 10.0 Å². The highest BCUT2D eigenvalue weighted by Gasteiger charge is 2.11. The summed E-state index contributed by atoms with van der Waals surface area (Å²) in [4.78, 5) is 0. The Morgan fingerprint density at radius 2 is 2.00 bits per heavy atom. The number of unbranched alkanes of at least 4 members (excludes halogenated alkanes) is 1. The van der Waals surface area contributed by atoms with Gasteiger partial charge in [0, 0.05) is 11.3 Å². The van der Waals surface area contributed by atoms with Gasteiger partial charge in [0.05, 0.1) is 11.4 Å². The van der Waals surface area contributed by atoms with E-state index in [9.17, 15) is 8.42 Å². The van der Waals surface area contributed by atoms with E-state index >= 15 is 0 Å². The van der Waals surface area contributed by atoms with Gasteiger partial charge in [0.25, 0.3) is 0 Å². The van der Waals surface area contributed by atoms with Gasteiger partial charge in [-0.15, -0.1) is 10.2 Å². The van der Waals surface area contributed by atoms with Crippen molar-refractivity contribution in [3.8, 4) is 11.3 Å². The van der Waals surface area contributed by atoms with E-state index in [4.69, 9.17) is 0 Å². The molecule has 3 aromatic rings. The van der Waals surface area contributed by atoms with Crippen molar-refractivity contribution in [3.05, 3.63) is 42.2 Å². The van der Waals surface area contributed by atoms with Crippen LogP contribution >= 0.6 is 0 Å². The molecule has 1 aromatic carbocycles. The molecule has 0 aliphatic heterocycles. The zero-order valence-electron chi connectivity index (χ0n) is 13.6. The van der Waals surface area contributed by atoms with Crippen molar-refractivity contribution in [3.63, 3.8) is 0 Å². The second-order valence-electron chi connectivity index (χ2n) is 5.59. The summed E-state index contributed by atoms with van der Waals surface area (Å²) in [5.74, 6) is 0.820. The molecular formula is C16H19N5O2S. The summed E-state index contributed by atoms with van der Waals surface area (Å²) in [5.41, 5.74) is 2.75. The topological polar surface area (TPSA) is 89.2 Å². The summed E-state index contributed by atoms with van der Waals surface area (Å²) in [6.45, 7) is 3.79. The predicted molar refractivity (Wildman–Crippen MR) is 93.3 cm³/mol. The van der Waals surface area contributed by atoms with Crippen molar-refractivity contribution in [2.45, 2.75) is 26.7 Å². The molecule has 0 unspecified atom stereocenters. The van der Waals surface area contributed by atoms with Crippen LogP contribution in [0.15, 0.2) is 36.4 Å². The van der Waals surface area contributed by atoms with Gasteiger partial charge in [-0.05, 0) is 37.6 Å². The molecule has 24 heavy (non-hydrogen) atoms. The molecule has 0 bridgehead atoms. The molecule has 0 aliphatic rings. The molecule has 0 saturated carbocycles. The Morgan fingerprint density at radius 1 is 1.17 bits per heavy atom. The molecule has 0 amide bonds. The standard InChI is InChI=1S/C16H19N5O2S/c1-3-4-10-24(22,23)20-14-7-5-6-13(11-14)15-8-9-16-18-17-12(2)21(16)19-15/h5-9,11,20H,3-4,10H2,1-2H3. The molecule has 0 fully saturated rings. The van der Waals surface area contributed by atoms with Crippen LogP contribution in [0.3, 0.4) is 0 Å². The lowest BCUT2D eigenvalue weighted by atomic mass is 10.1. The van der Waals surface area contributed by atoms with E-state index in [2.05, 4.69) is 20.0 Å². The van der Waals surface area contributed by atoms with Gasteiger partial charge in [-0.2, -0.15) is 9.61 Å². The van der Waals surface area contributed by atoms with Crippen LogP contribution in [0.5, 0.6) is 0 Å². The molecule has 126 valence electrons. The summed E-state index contributed by atoms with van der Waals surface area (Å²) in [7, 11) is -3.32. The number of fused-ring (bicyclic) bond motifs is 1. The minimum atomic E-state index is -3.32. The maximum absolute atomic E-state index is 12.0. The summed E-state index contributed by atoms with van der Waals surface area (Å²) in [6, 6.07) is 10.9. The number of hydrogen-bond acceptors (Lipinski definition) is 5. The Morgan fingerprint density at radius 3 is 2.79 bits per heavy atom. The van der Waals surface area contributed by atoms with Gasteiger partial charge in [-0.3, -0.25) is 4.72 Å². The third kappa shape index (κ3) is 3.53. The zero-order chi connectivity index (χ0) is 17.2. The number of rotatable bonds is 6. The normalized spacial score (nSPS) is 11.8. The molecule has 0 spiro atoms. The van der Waals surface area contributed by atoms with Crippen LogP contribution in [0, 0.1) is 6.92 Å². The van der Waals surface area contributed by atoms with Crippen molar-refractivity contribution in [1.29, 1.82) is 0 Å². The fourth-order valence-electron chi connectivity index (χ4n) is 2.36. The van der Waals surface area contributed by atoms with Crippen LogP contribution in [0.2, 0.25) is 0 Å². The van der Waals surface area contributed by atoms with Crippen LogP contribution in [0.25, 0.3) is 16.9 Å². The predicted octanol–water partition coefficient (Wildman–Crippen LogP) is 2.64. The molecule has 2 aromatic heterocycles. The van der Waals surface area contributed by atoms with Crippen molar-refractivity contribution >= 4 is 21.4 Å². The minimum absolute atomic E-state index is 0.123. The lowest BCUT2D eigenvalue weighted by molar-refractivity contribution is 0.598. The Balaban J connectivity index is 1.90.